The van der Waals surface area contributed by atoms with Crippen molar-refractivity contribution in [3.8, 4) is 0 Å². The zero-order valence-electron chi connectivity index (χ0n) is 9.08. The van der Waals surface area contributed by atoms with Crippen molar-refractivity contribution in [3.63, 3.8) is 0 Å². The first kappa shape index (κ1) is 10.6. The Hall–Kier alpha value is -1.87. The van der Waals surface area contributed by atoms with Gasteiger partial charge in [0, 0.05) is 18.3 Å². The Morgan fingerprint density at radius 3 is 2.81 bits per heavy atom. The van der Waals surface area contributed by atoms with Gasteiger partial charge in [0.25, 0.3) is 0 Å². The fraction of sp³-hybridized carbons (Fsp3) is 0.154. The van der Waals surface area contributed by atoms with Crippen LogP contribution in [-0.4, -0.2) is 16.3 Å². The summed E-state index contributed by atoms with van der Waals surface area (Å²) in [5.41, 5.74) is 7.73. The lowest BCUT2D eigenvalue weighted by Crippen LogP contribution is -1.99. The molecule has 0 aliphatic heterocycles. The minimum absolute atomic E-state index is 0.559. The van der Waals surface area contributed by atoms with Gasteiger partial charge in [-0.1, -0.05) is 42.5 Å². The lowest BCUT2D eigenvalue weighted by Gasteiger charge is -2.00. The molecule has 0 saturated heterocycles. The average Bonchev–Trinajstić information content (AvgIpc) is 2.75. The van der Waals surface area contributed by atoms with Crippen LogP contribution in [0.25, 0.3) is 6.08 Å². The summed E-state index contributed by atoms with van der Waals surface area (Å²) >= 11 is 0. The molecule has 3 nitrogen and oxygen atoms in total. The van der Waals surface area contributed by atoms with Crippen molar-refractivity contribution >= 4 is 6.08 Å². The molecule has 3 heteroatoms. The second-order valence-electron chi connectivity index (χ2n) is 3.59. The van der Waals surface area contributed by atoms with Crippen LogP contribution in [0, 0.1) is 0 Å². The number of benzene rings is 1. The molecule has 0 atom stereocenters. The Bertz CT molecular complexity index is 457. The molecule has 2 aromatic rings. The molecule has 0 radical (unpaired) electrons. The zero-order valence-corrected chi connectivity index (χ0v) is 9.08. The van der Waals surface area contributed by atoms with E-state index in [-0.39, 0.29) is 0 Å². The summed E-state index contributed by atoms with van der Waals surface area (Å²) in [5, 5.41) is 4.29. The van der Waals surface area contributed by atoms with Crippen LogP contribution in [-0.2, 0) is 6.54 Å². The first-order chi connectivity index (χ1) is 7.88. The molecule has 82 valence electrons. The molecule has 1 aromatic heterocycles. The maximum atomic E-state index is 5.39. The fourth-order valence-electron chi connectivity index (χ4n) is 1.53. The summed E-state index contributed by atoms with van der Waals surface area (Å²) < 4.78 is 1.92. The molecular formula is C13H15N3. The van der Waals surface area contributed by atoms with Gasteiger partial charge in [0.15, 0.2) is 0 Å². The first-order valence-corrected chi connectivity index (χ1v) is 5.31. The van der Waals surface area contributed by atoms with E-state index in [0.717, 1.165) is 12.1 Å². The molecule has 0 amide bonds. The third-order valence-electron chi connectivity index (χ3n) is 2.29. The standard InChI is InChI=1S/C13H15N3/c14-8-4-7-13-9-15-16(11-13)10-12-5-2-1-3-6-12/h1-7,9,11H,8,10,14H2/b7-4+. The van der Waals surface area contributed by atoms with Crippen molar-refractivity contribution in [3.05, 3.63) is 59.9 Å². The third-order valence-corrected chi connectivity index (χ3v) is 2.29. The Kier molecular flexibility index (Phi) is 3.51. The third kappa shape index (κ3) is 2.81. The molecule has 0 aliphatic carbocycles. The van der Waals surface area contributed by atoms with Gasteiger partial charge in [0.1, 0.15) is 0 Å². The van der Waals surface area contributed by atoms with Crippen molar-refractivity contribution in [2.24, 2.45) is 5.73 Å². The van der Waals surface area contributed by atoms with Crippen LogP contribution in [0.3, 0.4) is 0 Å². The van der Waals surface area contributed by atoms with Gasteiger partial charge in [0.2, 0.25) is 0 Å². The predicted octanol–water partition coefficient (Wildman–Crippen LogP) is 1.90. The Morgan fingerprint density at radius 2 is 2.06 bits per heavy atom. The highest BCUT2D eigenvalue weighted by Crippen LogP contribution is 2.04. The quantitative estimate of drug-likeness (QED) is 0.843. The first-order valence-electron chi connectivity index (χ1n) is 5.31. The number of rotatable bonds is 4. The van der Waals surface area contributed by atoms with Gasteiger partial charge in [-0.05, 0) is 5.56 Å². The van der Waals surface area contributed by atoms with E-state index in [4.69, 9.17) is 5.73 Å². The van der Waals surface area contributed by atoms with E-state index in [1.807, 2.05) is 47.4 Å². The summed E-state index contributed by atoms with van der Waals surface area (Å²) in [5.74, 6) is 0. The smallest absolute Gasteiger partial charge is 0.0659 e. The van der Waals surface area contributed by atoms with Crippen molar-refractivity contribution in [1.29, 1.82) is 0 Å². The normalized spacial score (nSPS) is 11.1. The second-order valence-corrected chi connectivity index (χ2v) is 3.59. The summed E-state index contributed by atoms with van der Waals surface area (Å²) in [7, 11) is 0. The highest BCUT2D eigenvalue weighted by Gasteiger charge is 1.96. The Balaban J connectivity index is 2.06. The van der Waals surface area contributed by atoms with Crippen LogP contribution in [0.1, 0.15) is 11.1 Å². The minimum atomic E-state index is 0.559. The molecule has 2 rings (SSSR count). The van der Waals surface area contributed by atoms with E-state index in [9.17, 15) is 0 Å². The number of hydrogen-bond donors (Lipinski definition) is 1. The number of nitrogens with zero attached hydrogens (tertiary/aromatic N) is 2. The molecular weight excluding hydrogens is 198 g/mol. The molecule has 0 fully saturated rings. The summed E-state index contributed by atoms with van der Waals surface area (Å²) in [6.07, 6.45) is 7.76. The van der Waals surface area contributed by atoms with Crippen molar-refractivity contribution in [2.75, 3.05) is 6.54 Å². The highest BCUT2D eigenvalue weighted by molar-refractivity contribution is 5.46. The molecule has 2 N–H and O–H groups in total. The lowest BCUT2D eigenvalue weighted by molar-refractivity contribution is 0.687. The van der Waals surface area contributed by atoms with Crippen LogP contribution >= 0.6 is 0 Å². The lowest BCUT2D eigenvalue weighted by atomic mass is 10.2. The van der Waals surface area contributed by atoms with Crippen LogP contribution in [0.5, 0.6) is 0 Å². The van der Waals surface area contributed by atoms with Gasteiger partial charge < -0.3 is 5.73 Å². The number of nitrogens with two attached hydrogens (primary N) is 1. The topological polar surface area (TPSA) is 43.8 Å². The van der Waals surface area contributed by atoms with Gasteiger partial charge in [-0.25, -0.2) is 0 Å². The minimum Gasteiger partial charge on any atom is -0.327 e. The highest BCUT2D eigenvalue weighted by atomic mass is 15.3. The monoisotopic (exact) mass is 213 g/mol. The van der Waals surface area contributed by atoms with E-state index < -0.39 is 0 Å². The van der Waals surface area contributed by atoms with E-state index in [2.05, 4.69) is 17.2 Å². The summed E-state index contributed by atoms with van der Waals surface area (Å²) in [4.78, 5) is 0. The van der Waals surface area contributed by atoms with E-state index in [0.29, 0.717) is 6.54 Å². The van der Waals surface area contributed by atoms with Gasteiger partial charge in [-0.2, -0.15) is 5.10 Å². The Labute approximate surface area is 95.2 Å². The van der Waals surface area contributed by atoms with Gasteiger partial charge in [0.05, 0.1) is 12.7 Å². The number of aromatic nitrogens is 2. The van der Waals surface area contributed by atoms with Gasteiger partial charge >= 0.3 is 0 Å². The van der Waals surface area contributed by atoms with Crippen LogP contribution in [0.15, 0.2) is 48.8 Å². The maximum absolute atomic E-state index is 5.39. The largest absolute Gasteiger partial charge is 0.327 e. The molecule has 1 aromatic carbocycles. The maximum Gasteiger partial charge on any atom is 0.0659 e. The molecule has 0 aliphatic rings. The molecule has 0 saturated carbocycles. The van der Waals surface area contributed by atoms with Crippen molar-refractivity contribution < 1.29 is 0 Å². The van der Waals surface area contributed by atoms with E-state index in [1.165, 1.54) is 5.56 Å². The van der Waals surface area contributed by atoms with Gasteiger partial charge in [-0.3, -0.25) is 4.68 Å². The molecule has 1 heterocycles. The van der Waals surface area contributed by atoms with Crippen molar-refractivity contribution in [1.82, 2.24) is 9.78 Å². The SMILES string of the molecule is NC/C=C/c1cnn(Cc2ccccc2)c1. The van der Waals surface area contributed by atoms with E-state index in [1.54, 1.807) is 0 Å². The van der Waals surface area contributed by atoms with Crippen LogP contribution in [0.2, 0.25) is 0 Å². The molecule has 0 unspecified atom stereocenters. The number of hydrogen-bond acceptors (Lipinski definition) is 2. The summed E-state index contributed by atoms with van der Waals surface area (Å²) in [6, 6.07) is 10.3. The Morgan fingerprint density at radius 1 is 1.25 bits per heavy atom. The molecule has 16 heavy (non-hydrogen) atoms. The average molecular weight is 213 g/mol. The van der Waals surface area contributed by atoms with E-state index >= 15 is 0 Å². The van der Waals surface area contributed by atoms with Gasteiger partial charge in [-0.15, -0.1) is 0 Å². The molecule has 0 spiro atoms. The predicted molar refractivity (Wildman–Crippen MR) is 65.9 cm³/mol. The van der Waals surface area contributed by atoms with Crippen molar-refractivity contribution in [2.45, 2.75) is 6.54 Å². The summed E-state index contributed by atoms with van der Waals surface area (Å²) in [6.45, 7) is 1.36. The zero-order chi connectivity index (χ0) is 11.2. The van der Waals surface area contributed by atoms with Crippen LogP contribution in [0.4, 0.5) is 0 Å². The molecule has 0 bridgehead atoms. The second kappa shape index (κ2) is 5.28. The van der Waals surface area contributed by atoms with Crippen LogP contribution < -0.4 is 5.73 Å². The fourth-order valence-corrected chi connectivity index (χ4v) is 1.53.